The van der Waals surface area contributed by atoms with Gasteiger partial charge in [-0.1, -0.05) is 30.8 Å². The van der Waals surface area contributed by atoms with E-state index >= 15 is 0 Å². The number of aryl methyl sites for hydroxylation is 2. The van der Waals surface area contributed by atoms with E-state index in [1.165, 1.54) is 17.3 Å². The van der Waals surface area contributed by atoms with E-state index in [-0.39, 0.29) is 17.2 Å². The van der Waals surface area contributed by atoms with Gasteiger partial charge in [0.2, 0.25) is 5.91 Å². The van der Waals surface area contributed by atoms with Crippen LogP contribution in [0.3, 0.4) is 0 Å². The van der Waals surface area contributed by atoms with E-state index in [1.54, 1.807) is 22.5 Å². The summed E-state index contributed by atoms with van der Waals surface area (Å²) in [5.74, 6) is 0.0377. The minimum absolute atomic E-state index is 0.137. The lowest BCUT2D eigenvalue weighted by Gasteiger charge is -2.09. The summed E-state index contributed by atoms with van der Waals surface area (Å²) < 4.78 is 3.11. The van der Waals surface area contributed by atoms with Crippen LogP contribution in [0.4, 0.5) is 5.69 Å². The number of amides is 1. The number of nitrogens with zero attached hydrogens (tertiary/aromatic N) is 4. The molecular weight excluding hydrogens is 350 g/mol. The summed E-state index contributed by atoms with van der Waals surface area (Å²) in [6, 6.07) is 7.78. The van der Waals surface area contributed by atoms with Gasteiger partial charge < -0.3 is 5.32 Å². The van der Waals surface area contributed by atoms with E-state index in [4.69, 9.17) is 0 Å². The maximum atomic E-state index is 12.5. The smallest absolute Gasteiger partial charge is 0.282 e. The van der Waals surface area contributed by atoms with Crippen molar-refractivity contribution in [3.05, 3.63) is 46.4 Å². The molecule has 0 bridgehead atoms. The Labute approximate surface area is 155 Å². The summed E-state index contributed by atoms with van der Waals surface area (Å²) in [7, 11) is 1.75. The summed E-state index contributed by atoms with van der Waals surface area (Å²) in [5.41, 5.74) is 2.69. The quantitative estimate of drug-likeness (QED) is 0.532. The van der Waals surface area contributed by atoms with Crippen molar-refractivity contribution < 1.29 is 4.79 Å². The Morgan fingerprint density at radius 2 is 1.96 bits per heavy atom. The summed E-state index contributed by atoms with van der Waals surface area (Å²) in [4.78, 5) is 29.2. The van der Waals surface area contributed by atoms with Crippen LogP contribution in [-0.4, -0.2) is 31.0 Å². The number of nitrogens with one attached hydrogen (secondary N) is 1. The highest BCUT2D eigenvalue weighted by atomic mass is 32.2. The number of aromatic nitrogens is 4. The first-order chi connectivity index (χ1) is 12.5. The lowest BCUT2D eigenvalue weighted by Crippen LogP contribution is -2.23. The summed E-state index contributed by atoms with van der Waals surface area (Å²) in [6.45, 7) is 4.43. The number of fused-ring (bicyclic) bond motifs is 1. The highest BCUT2D eigenvalue weighted by Gasteiger charge is 2.14. The minimum Gasteiger partial charge on any atom is -0.325 e. The van der Waals surface area contributed by atoms with Crippen LogP contribution in [-0.2, 0) is 24.8 Å². The van der Waals surface area contributed by atoms with Crippen LogP contribution in [0.25, 0.3) is 11.0 Å². The molecule has 3 rings (SSSR count). The molecule has 0 unspecified atom stereocenters. The summed E-state index contributed by atoms with van der Waals surface area (Å²) >= 11 is 1.25. The Morgan fingerprint density at radius 1 is 1.23 bits per heavy atom. The molecule has 0 spiro atoms. The second kappa shape index (κ2) is 7.74. The number of carbonyl (C=O) groups is 1. The largest absolute Gasteiger partial charge is 0.325 e. The zero-order valence-corrected chi connectivity index (χ0v) is 15.8. The van der Waals surface area contributed by atoms with E-state index < -0.39 is 0 Å². The number of carbonyl (C=O) groups excluding carboxylic acids is 1. The van der Waals surface area contributed by atoms with Crippen molar-refractivity contribution >= 4 is 34.4 Å². The standard InChI is InChI=1S/C18H21N5O2S/c1-4-12-6-8-13(9-7-12)19-15(24)11-26-18-20-14-10-22(3)21-16(14)17(25)23(18)5-2/h6-10H,4-5,11H2,1-3H3,(H,19,24). The number of rotatable bonds is 6. The molecule has 3 aromatic rings. The second-order valence-electron chi connectivity index (χ2n) is 5.87. The minimum atomic E-state index is -0.184. The van der Waals surface area contributed by atoms with Crippen molar-refractivity contribution in [3.63, 3.8) is 0 Å². The molecule has 0 aliphatic carbocycles. The van der Waals surface area contributed by atoms with E-state index in [1.807, 2.05) is 31.2 Å². The van der Waals surface area contributed by atoms with Gasteiger partial charge in [-0.15, -0.1) is 0 Å². The van der Waals surface area contributed by atoms with Gasteiger partial charge in [0.05, 0.1) is 11.9 Å². The number of anilines is 1. The number of hydrogen-bond donors (Lipinski definition) is 1. The number of benzene rings is 1. The molecule has 1 aromatic carbocycles. The van der Waals surface area contributed by atoms with Gasteiger partial charge in [0.25, 0.3) is 5.56 Å². The third kappa shape index (κ3) is 3.80. The predicted molar refractivity (Wildman–Crippen MR) is 104 cm³/mol. The SMILES string of the molecule is CCc1ccc(NC(=O)CSc2nc3cn(C)nc3c(=O)n2CC)cc1. The first-order valence-corrected chi connectivity index (χ1v) is 9.46. The molecule has 1 N–H and O–H groups in total. The van der Waals surface area contributed by atoms with Crippen LogP contribution in [0, 0.1) is 0 Å². The van der Waals surface area contributed by atoms with E-state index in [0.29, 0.717) is 22.7 Å². The molecular formula is C18H21N5O2S. The van der Waals surface area contributed by atoms with Gasteiger partial charge in [-0.05, 0) is 31.0 Å². The number of thioether (sulfide) groups is 1. The highest BCUT2D eigenvalue weighted by Crippen LogP contribution is 2.18. The molecule has 0 aliphatic rings. The normalized spacial score (nSPS) is 11.0. The van der Waals surface area contributed by atoms with Crippen molar-refractivity contribution in [1.82, 2.24) is 19.3 Å². The zero-order chi connectivity index (χ0) is 18.7. The van der Waals surface area contributed by atoms with Crippen molar-refractivity contribution in [3.8, 4) is 0 Å². The molecule has 26 heavy (non-hydrogen) atoms. The van der Waals surface area contributed by atoms with Crippen LogP contribution in [0.5, 0.6) is 0 Å². The first kappa shape index (κ1) is 18.2. The fraction of sp³-hybridized carbons (Fsp3) is 0.333. The number of hydrogen-bond acceptors (Lipinski definition) is 5. The fourth-order valence-electron chi connectivity index (χ4n) is 2.63. The Bertz CT molecular complexity index is 991. The van der Waals surface area contributed by atoms with Gasteiger partial charge in [0, 0.05) is 19.3 Å². The van der Waals surface area contributed by atoms with Gasteiger partial charge >= 0.3 is 0 Å². The Morgan fingerprint density at radius 3 is 2.62 bits per heavy atom. The van der Waals surface area contributed by atoms with E-state index in [2.05, 4.69) is 22.3 Å². The van der Waals surface area contributed by atoms with Gasteiger partial charge in [-0.3, -0.25) is 18.8 Å². The molecule has 0 radical (unpaired) electrons. The second-order valence-corrected chi connectivity index (χ2v) is 6.81. The molecule has 0 saturated heterocycles. The Balaban J connectivity index is 1.73. The average Bonchev–Trinajstić information content (AvgIpc) is 3.01. The van der Waals surface area contributed by atoms with Crippen LogP contribution in [0.15, 0.2) is 40.4 Å². The average molecular weight is 371 g/mol. The van der Waals surface area contributed by atoms with Gasteiger partial charge in [0.1, 0.15) is 5.52 Å². The first-order valence-electron chi connectivity index (χ1n) is 8.47. The molecule has 2 heterocycles. The van der Waals surface area contributed by atoms with Crippen molar-refractivity contribution in [2.24, 2.45) is 7.05 Å². The molecule has 0 saturated carbocycles. The highest BCUT2D eigenvalue weighted by molar-refractivity contribution is 7.99. The summed E-state index contributed by atoms with van der Waals surface area (Å²) in [6.07, 6.45) is 2.66. The van der Waals surface area contributed by atoms with E-state index in [9.17, 15) is 9.59 Å². The Kier molecular flexibility index (Phi) is 5.41. The lowest BCUT2D eigenvalue weighted by atomic mass is 10.1. The molecule has 136 valence electrons. The summed E-state index contributed by atoms with van der Waals surface area (Å²) in [5, 5.41) is 7.55. The topological polar surface area (TPSA) is 81.8 Å². The van der Waals surface area contributed by atoms with Gasteiger partial charge in [-0.25, -0.2) is 4.98 Å². The maximum absolute atomic E-state index is 12.5. The lowest BCUT2D eigenvalue weighted by molar-refractivity contribution is -0.113. The molecule has 8 heteroatoms. The third-order valence-corrected chi connectivity index (χ3v) is 4.98. The van der Waals surface area contributed by atoms with Crippen LogP contribution >= 0.6 is 11.8 Å². The molecule has 2 aromatic heterocycles. The van der Waals surface area contributed by atoms with Crippen LogP contribution in [0.2, 0.25) is 0 Å². The fourth-order valence-corrected chi connectivity index (χ4v) is 3.49. The van der Waals surface area contributed by atoms with Gasteiger partial charge in [-0.2, -0.15) is 5.10 Å². The zero-order valence-electron chi connectivity index (χ0n) is 15.0. The maximum Gasteiger partial charge on any atom is 0.282 e. The van der Waals surface area contributed by atoms with E-state index in [0.717, 1.165) is 12.1 Å². The molecule has 1 amide bonds. The van der Waals surface area contributed by atoms with Gasteiger partial charge in [0.15, 0.2) is 10.7 Å². The van der Waals surface area contributed by atoms with Crippen LogP contribution < -0.4 is 10.9 Å². The predicted octanol–water partition coefficient (Wildman–Crippen LogP) is 2.44. The molecule has 0 atom stereocenters. The monoisotopic (exact) mass is 371 g/mol. The third-order valence-electron chi connectivity index (χ3n) is 4.00. The van der Waals surface area contributed by atoms with Crippen LogP contribution in [0.1, 0.15) is 19.4 Å². The molecule has 0 fully saturated rings. The molecule has 7 nitrogen and oxygen atoms in total. The Hall–Kier alpha value is -2.61. The van der Waals surface area contributed by atoms with Crippen molar-refractivity contribution in [2.75, 3.05) is 11.1 Å². The van der Waals surface area contributed by atoms with Crippen molar-refractivity contribution in [2.45, 2.75) is 32.0 Å². The molecule has 0 aliphatic heterocycles. The van der Waals surface area contributed by atoms with Crippen molar-refractivity contribution in [1.29, 1.82) is 0 Å².